The summed E-state index contributed by atoms with van der Waals surface area (Å²) in [5.74, 6) is -1.85. The molecule has 3 atom stereocenters. The highest BCUT2D eigenvalue weighted by Crippen LogP contribution is 2.13. The van der Waals surface area contributed by atoms with E-state index >= 15 is 0 Å². The Bertz CT molecular complexity index is 388. The Morgan fingerprint density at radius 1 is 1.33 bits per heavy atom. The molecule has 1 saturated heterocycles. The Morgan fingerprint density at radius 2 is 2.05 bits per heavy atom. The zero-order valence-corrected chi connectivity index (χ0v) is 12.3. The maximum absolute atomic E-state index is 11.6. The van der Waals surface area contributed by atoms with Gasteiger partial charge in [-0.2, -0.15) is 0 Å². The van der Waals surface area contributed by atoms with E-state index in [0.29, 0.717) is 0 Å². The fourth-order valence-electron chi connectivity index (χ4n) is 1.90. The second kappa shape index (κ2) is 8.46. The van der Waals surface area contributed by atoms with Crippen LogP contribution in [-0.4, -0.2) is 54.9 Å². The molecular weight excluding hydrogens is 278 g/mol. The van der Waals surface area contributed by atoms with Gasteiger partial charge in [0.15, 0.2) is 0 Å². The molecule has 21 heavy (non-hydrogen) atoms. The second-order valence-electron chi connectivity index (χ2n) is 5.12. The van der Waals surface area contributed by atoms with Crippen LogP contribution in [0.3, 0.4) is 0 Å². The fourth-order valence-corrected chi connectivity index (χ4v) is 1.90. The van der Waals surface area contributed by atoms with Crippen LogP contribution < -0.4 is 16.0 Å². The number of aliphatic carboxylic acids is 1. The van der Waals surface area contributed by atoms with Gasteiger partial charge in [-0.1, -0.05) is 6.92 Å². The lowest BCUT2D eigenvalue weighted by atomic mass is 10.0. The molecule has 120 valence electrons. The van der Waals surface area contributed by atoms with Crippen LogP contribution in [-0.2, 0) is 14.3 Å². The van der Waals surface area contributed by atoms with Crippen LogP contribution >= 0.6 is 0 Å². The van der Waals surface area contributed by atoms with Crippen LogP contribution in [0.5, 0.6) is 0 Å². The van der Waals surface area contributed by atoms with Crippen molar-refractivity contribution in [2.24, 2.45) is 5.92 Å². The van der Waals surface area contributed by atoms with Gasteiger partial charge in [-0.15, -0.1) is 0 Å². The van der Waals surface area contributed by atoms with Gasteiger partial charge in [0.25, 0.3) is 0 Å². The number of ether oxygens (including phenoxy) is 1. The lowest BCUT2D eigenvalue weighted by Gasteiger charge is -2.16. The molecule has 1 heterocycles. The summed E-state index contributed by atoms with van der Waals surface area (Å²) < 4.78 is 5.04. The van der Waals surface area contributed by atoms with Gasteiger partial charge >= 0.3 is 12.0 Å². The third kappa shape index (κ3) is 5.99. The lowest BCUT2D eigenvalue weighted by molar-refractivity contribution is -0.142. The molecule has 8 nitrogen and oxygen atoms in total. The number of carboxylic acid groups (broad SMARTS) is 1. The van der Waals surface area contributed by atoms with Crippen LogP contribution in [0.1, 0.15) is 26.7 Å². The van der Waals surface area contributed by atoms with Gasteiger partial charge in [0.1, 0.15) is 5.92 Å². The van der Waals surface area contributed by atoms with Gasteiger partial charge in [-0.3, -0.25) is 9.59 Å². The SMILES string of the molecule is CCC(C)NC(=O)CCNC(=O)NC1COCC1C(=O)O. The molecule has 1 aliphatic rings. The molecule has 0 aliphatic carbocycles. The molecule has 0 aromatic carbocycles. The van der Waals surface area contributed by atoms with E-state index in [0.717, 1.165) is 6.42 Å². The number of rotatable bonds is 7. The van der Waals surface area contributed by atoms with Gasteiger partial charge < -0.3 is 25.8 Å². The van der Waals surface area contributed by atoms with Gasteiger partial charge in [-0.05, 0) is 13.3 Å². The van der Waals surface area contributed by atoms with E-state index in [1.54, 1.807) is 0 Å². The Labute approximate surface area is 123 Å². The Balaban J connectivity index is 2.22. The van der Waals surface area contributed by atoms with E-state index in [1.807, 2.05) is 13.8 Å². The van der Waals surface area contributed by atoms with E-state index in [2.05, 4.69) is 16.0 Å². The molecule has 0 spiro atoms. The first kappa shape index (κ1) is 17.2. The number of hydrogen-bond acceptors (Lipinski definition) is 4. The van der Waals surface area contributed by atoms with E-state index in [4.69, 9.17) is 9.84 Å². The minimum atomic E-state index is -0.995. The Hall–Kier alpha value is -1.83. The van der Waals surface area contributed by atoms with Gasteiger partial charge in [-0.25, -0.2) is 4.79 Å². The molecule has 0 aromatic heterocycles. The number of nitrogens with one attached hydrogen (secondary N) is 3. The van der Waals surface area contributed by atoms with Crippen molar-refractivity contribution in [3.8, 4) is 0 Å². The molecule has 4 N–H and O–H groups in total. The molecule has 0 bridgehead atoms. The quantitative estimate of drug-likeness (QED) is 0.514. The van der Waals surface area contributed by atoms with Crippen molar-refractivity contribution in [1.29, 1.82) is 0 Å². The van der Waals surface area contributed by atoms with Crippen LogP contribution in [0, 0.1) is 5.92 Å². The van der Waals surface area contributed by atoms with E-state index < -0.39 is 24.0 Å². The van der Waals surface area contributed by atoms with Crippen LogP contribution in [0.25, 0.3) is 0 Å². The maximum atomic E-state index is 11.6. The predicted octanol–water partition coefficient (Wildman–Crippen LogP) is -0.310. The summed E-state index contributed by atoms with van der Waals surface area (Å²) in [6.45, 7) is 4.35. The van der Waals surface area contributed by atoms with Crippen LogP contribution in [0.2, 0.25) is 0 Å². The van der Waals surface area contributed by atoms with E-state index in [-0.39, 0.29) is 38.1 Å². The first-order valence-corrected chi connectivity index (χ1v) is 7.08. The van der Waals surface area contributed by atoms with Crippen molar-refractivity contribution in [2.75, 3.05) is 19.8 Å². The van der Waals surface area contributed by atoms with Crippen LogP contribution in [0.15, 0.2) is 0 Å². The summed E-state index contributed by atoms with van der Waals surface area (Å²) in [5.41, 5.74) is 0. The summed E-state index contributed by atoms with van der Waals surface area (Å²) in [6.07, 6.45) is 1.03. The number of urea groups is 1. The first-order valence-electron chi connectivity index (χ1n) is 7.08. The van der Waals surface area contributed by atoms with Crippen molar-refractivity contribution in [3.05, 3.63) is 0 Å². The smallest absolute Gasteiger partial charge is 0.315 e. The van der Waals surface area contributed by atoms with Crippen molar-refractivity contribution >= 4 is 17.9 Å². The molecule has 3 amide bonds. The molecule has 8 heteroatoms. The number of hydrogen-bond donors (Lipinski definition) is 4. The topological polar surface area (TPSA) is 117 Å². The van der Waals surface area contributed by atoms with Crippen molar-refractivity contribution < 1.29 is 24.2 Å². The zero-order chi connectivity index (χ0) is 15.8. The lowest BCUT2D eigenvalue weighted by Crippen LogP contribution is -2.47. The minimum absolute atomic E-state index is 0.0948. The van der Waals surface area contributed by atoms with E-state index in [1.165, 1.54) is 0 Å². The highest BCUT2D eigenvalue weighted by Gasteiger charge is 2.34. The fraction of sp³-hybridized carbons (Fsp3) is 0.769. The average molecular weight is 301 g/mol. The minimum Gasteiger partial charge on any atom is -0.481 e. The molecular formula is C13H23N3O5. The highest BCUT2D eigenvalue weighted by molar-refractivity contribution is 5.79. The van der Waals surface area contributed by atoms with Crippen molar-refractivity contribution in [1.82, 2.24) is 16.0 Å². The molecule has 3 unspecified atom stereocenters. The number of carbonyl (C=O) groups is 3. The van der Waals surface area contributed by atoms with Gasteiger partial charge in [0, 0.05) is 19.0 Å². The first-order chi connectivity index (χ1) is 9.93. The van der Waals surface area contributed by atoms with Crippen molar-refractivity contribution in [2.45, 2.75) is 38.8 Å². The molecule has 1 rings (SSSR count). The highest BCUT2D eigenvalue weighted by atomic mass is 16.5. The Morgan fingerprint density at radius 3 is 2.67 bits per heavy atom. The molecule has 0 aromatic rings. The monoisotopic (exact) mass is 301 g/mol. The average Bonchev–Trinajstić information content (AvgIpc) is 2.86. The molecule has 0 saturated carbocycles. The summed E-state index contributed by atoms with van der Waals surface area (Å²) >= 11 is 0. The molecule has 1 aliphatic heterocycles. The molecule has 1 fully saturated rings. The molecule has 0 radical (unpaired) electrons. The number of carbonyl (C=O) groups excluding carboxylic acids is 2. The summed E-state index contributed by atoms with van der Waals surface area (Å²) in [4.78, 5) is 34.0. The van der Waals surface area contributed by atoms with Crippen LogP contribution in [0.4, 0.5) is 4.79 Å². The standard InChI is InChI=1S/C13H23N3O5/c1-3-8(2)15-11(17)4-5-14-13(20)16-10-7-21-6-9(10)12(18)19/h8-10H,3-7H2,1-2H3,(H,15,17)(H,18,19)(H2,14,16,20). The maximum Gasteiger partial charge on any atom is 0.315 e. The third-order valence-corrected chi connectivity index (χ3v) is 3.37. The van der Waals surface area contributed by atoms with Gasteiger partial charge in [0.2, 0.25) is 5.91 Å². The Kier molecular flexibility index (Phi) is 6.93. The summed E-state index contributed by atoms with van der Waals surface area (Å²) in [6, 6.07) is -0.928. The largest absolute Gasteiger partial charge is 0.481 e. The van der Waals surface area contributed by atoms with Crippen molar-refractivity contribution in [3.63, 3.8) is 0 Å². The van der Waals surface area contributed by atoms with Gasteiger partial charge in [0.05, 0.1) is 19.3 Å². The summed E-state index contributed by atoms with van der Waals surface area (Å²) in [5, 5.41) is 16.8. The zero-order valence-electron chi connectivity index (χ0n) is 12.3. The number of amides is 3. The summed E-state index contributed by atoms with van der Waals surface area (Å²) in [7, 11) is 0. The third-order valence-electron chi connectivity index (χ3n) is 3.37. The second-order valence-corrected chi connectivity index (χ2v) is 5.12. The predicted molar refractivity (Wildman–Crippen MR) is 74.8 cm³/mol. The number of carboxylic acids is 1. The normalized spacial score (nSPS) is 22.4. The van der Waals surface area contributed by atoms with E-state index in [9.17, 15) is 14.4 Å².